The molecule has 0 saturated heterocycles. The molecule has 3 heteroatoms. The van der Waals surface area contributed by atoms with Gasteiger partial charge in [0.1, 0.15) is 0 Å². The molecule has 0 aromatic heterocycles. The molecular formula is C13H19N3. The molecule has 0 saturated carbocycles. The van der Waals surface area contributed by atoms with Crippen LogP contribution in [0.2, 0.25) is 0 Å². The molecule has 1 aromatic carbocycles. The highest BCUT2D eigenvalue weighted by molar-refractivity contribution is 5.69. The standard InChI is InChI=1S/C13H19N3/c1-4-5-10(2)16(3)13-7-6-11(9-14)8-12(13)15/h6-8,10H,4-5,15H2,1-3H3. The zero-order chi connectivity index (χ0) is 12.1. The van der Waals surface area contributed by atoms with Gasteiger partial charge in [-0.15, -0.1) is 0 Å². The number of nitrogens with two attached hydrogens (primary N) is 1. The third kappa shape index (κ3) is 2.66. The highest BCUT2D eigenvalue weighted by Crippen LogP contribution is 2.25. The first-order valence-electron chi connectivity index (χ1n) is 5.62. The minimum absolute atomic E-state index is 0.459. The number of hydrogen-bond acceptors (Lipinski definition) is 3. The Hall–Kier alpha value is -1.69. The number of nitriles is 1. The summed E-state index contributed by atoms with van der Waals surface area (Å²) < 4.78 is 0. The van der Waals surface area contributed by atoms with Crippen LogP contribution in [0, 0.1) is 11.3 Å². The van der Waals surface area contributed by atoms with Crippen LogP contribution in [0.15, 0.2) is 18.2 Å². The molecular weight excluding hydrogens is 198 g/mol. The van der Waals surface area contributed by atoms with Crippen molar-refractivity contribution in [3.8, 4) is 6.07 Å². The molecule has 1 unspecified atom stereocenters. The van der Waals surface area contributed by atoms with Gasteiger partial charge >= 0.3 is 0 Å². The Bertz CT molecular complexity index is 393. The highest BCUT2D eigenvalue weighted by atomic mass is 15.1. The monoisotopic (exact) mass is 217 g/mol. The molecule has 0 radical (unpaired) electrons. The number of anilines is 2. The minimum atomic E-state index is 0.459. The first-order valence-corrected chi connectivity index (χ1v) is 5.62. The second-order valence-electron chi connectivity index (χ2n) is 4.13. The topological polar surface area (TPSA) is 53.0 Å². The summed E-state index contributed by atoms with van der Waals surface area (Å²) in [6, 6.07) is 8.00. The quantitative estimate of drug-likeness (QED) is 0.789. The first kappa shape index (κ1) is 12.4. The number of hydrogen-bond donors (Lipinski definition) is 1. The van der Waals surface area contributed by atoms with Crippen molar-refractivity contribution in [3.05, 3.63) is 23.8 Å². The molecule has 0 aliphatic carbocycles. The summed E-state index contributed by atoms with van der Waals surface area (Å²) in [6.45, 7) is 4.35. The molecule has 0 spiro atoms. The maximum Gasteiger partial charge on any atom is 0.0992 e. The smallest absolute Gasteiger partial charge is 0.0992 e. The van der Waals surface area contributed by atoms with Crippen LogP contribution in [0.5, 0.6) is 0 Å². The maximum absolute atomic E-state index is 8.77. The Morgan fingerprint density at radius 2 is 2.19 bits per heavy atom. The van der Waals surface area contributed by atoms with Crippen LogP contribution in [0.25, 0.3) is 0 Å². The van der Waals surface area contributed by atoms with E-state index in [1.54, 1.807) is 12.1 Å². The van der Waals surface area contributed by atoms with Crippen molar-refractivity contribution in [2.45, 2.75) is 32.7 Å². The summed E-state index contributed by atoms with van der Waals surface area (Å²) in [6.07, 6.45) is 2.29. The van der Waals surface area contributed by atoms with Gasteiger partial charge in [-0.3, -0.25) is 0 Å². The summed E-state index contributed by atoms with van der Waals surface area (Å²) >= 11 is 0. The molecule has 16 heavy (non-hydrogen) atoms. The number of benzene rings is 1. The van der Waals surface area contributed by atoms with Crippen LogP contribution >= 0.6 is 0 Å². The molecule has 86 valence electrons. The van der Waals surface area contributed by atoms with Crippen molar-refractivity contribution in [3.63, 3.8) is 0 Å². The first-order chi connectivity index (χ1) is 7.60. The van der Waals surface area contributed by atoms with E-state index in [0.29, 0.717) is 17.3 Å². The van der Waals surface area contributed by atoms with E-state index >= 15 is 0 Å². The fourth-order valence-corrected chi connectivity index (χ4v) is 1.79. The predicted octanol–water partition coefficient (Wildman–Crippen LogP) is 2.77. The highest BCUT2D eigenvalue weighted by Gasteiger charge is 2.11. The van der Waals surface area contributed by atoms with Gasteiger partial charge < -0.3 is 10.6 Å². The number of nitrogen functional groups attached to an aromatic ring is 1. The van der Waals surface area contributed by atoms with Crippen LogP contribution in [0.1, 0.15) is 32.3 Å². The number of rotatable bonds is 4. The fraction of sp³-hybridized carbons (Fsp3) is 0.462. The Morgan fingerprint density at radius 3 is 2.69 bits per heavy atom. The molecule has 1 rings (SSSR count). The fourth-order valence-electron chi connectivity index (χ4n) is 1.79. The molecule has 0 aliphatic rings. The largest absolute Gasteiger partial charge is 0.397 e. The van der Waals surface area contributed by atoms with Crippen molar-refractivity contribution in [1.29, 1.82) is 5.26 Å². The third-order valence-electron chi connectivity index (χ3n) is 2.90. The third-order valence-corrected chi connectivity index (χ3v) is 2.90. The molecule has 0 aliphatic heterocycles. The molecule has 1 aromatic rings. The summed E-state index contributed by atoms with van der Waals surface area (Å²) in [4.78, 5) is 2.17. The summed E-state index contributed by atoms with van der Waals surface area (Å²) in [5, 5.41) is 8.77. The van der Waals surface area contributed by atoms with E-state index in [9.17, 15) is 0 Å². The van der Waals surface area contributed by atoms with Crippen molar-refractivity contribution >= 4 is 11.4 Å². The van der Waals surface area contributed by atoms with Gasteiger partial charge in [0.25, 0.3) is 0 Å². The summed E-state index contributed by atoms with van der Waals surface area (Å²) in [5.74, 6) is 0. The summed E-state index contributed by atoms with van der Waals surface area (Å²) in [5.41, 5.74) is 8.22. The van der Waals surface area contributed by atoms with Gasteiger partial charge in [-0.25, -0.2) is 0 Å². The summed E-state index contributed by atoms with van der Waals surface area (Å²) in [7, 11) is 2.04. The normalized spacial score (nSPS) is 11.9. The predicted molar refractivity (Wildman–Crippen MR) is 68.3 cm³/mol. The van der Waals surface area contributed by atoms with E-state index in [1.807, 2.05) is 13.1 Å². The van der Waals surface area contributed by atoms with Crippen LogP contribution in [-0.2, 0) is 0 Å². The molecule has 0 amide bonds. The van der Waals surface area contributed by atoms with E-state index in [-0.39, 0.29) is 0 Å². The lowest BCUT2D eigenvalue weighted by Gasteiger charge is -2.28. The Kier molecular flexibility index (Phi) is 4.19. The molecule has 2 N–H and O–H groups in total. The zero-order valence-electron chi connectivity index (χ0n) is 10.2. The lowest BCUT2D eigenvalue weighted by Crippen LogP contribution is -2.29. The average molecular weight is 217 g/mol. The van der Waals surface area contributed by atoms with Gasteiger partial charge in [-0.05, 0) is 31.5 Å². The number of nitrogens with zero attached hydrogens (tertiary/aromatic N) is 2. The van der Waals surface area contributed by atoms with Crippen LogP contribution < -0.4 is 10.6 Å². The van der Waals surface area contributed by atoms with Gasteiger partial charge in [0.05, 0.1) is 23.0 Å². The molecule has 0 heterocycles. The lowest BCUT2D eigenvalue weighted by atomic mass is 10.1. The Morgan fingerprint density at radius 1 is 1.50 bits per heavy atom. The molecule has 0 bridgehead atoms. The second kappa shape index (κ2) is 5.41. The van der Waals surface area contributed by atoms with E-state index in [4.69, 9.17) is 11.0 Å². The van der Waals surface area contributed by atoms with Crippen molar-refractivity contribution < 1.29 is 0 Å². The van der Waals surface area contributed by atoms with Crippen molar-refractivity contribution in [2.75, 3.05) is 17.7 Å². The maximum atomic E-state index is 8.77. The SMILES string of the molecule is CCCC(C)N(C)c1ccc(C#N)cc1N. The lowest BCUT2D eigenvalue weighted by molar-refractivity contribution is 0.616. The Labute approximate surface area is 97.5 Å². The van der Waals surface area contributed by atoms with E-state index < -0.39 is 0 Å². The van der Waals surface area contributed by atoms with Gasteiger partial charge in [-0.2, -0.15) is 5.26 Å². The van der Waals surface area contributed by atoms with E-state index in [1.165, 1.54) is 0 Å². The van der Waals surface area contributed by atoms with Crippen LogP contribution in [0.4, 0.5) is 11.4 Å². The van der Waals surface area contributed by atoms with Crippen LogP contribution in [-0.4, -0.2) is 13.1 Å². The molecule has 3 nitrogen and oxygen atoms in total. The van der Waals surface area contributed by atoms with Crippen molar-refractivity contribution in [1.82, 2.24) is 0 Å². The van der Waals surface area contributed by atoms with E-state index in [0.717, 1.165) is 18.5 Å². The van der Waals surface area contributed by atoms with E-state index in [2.05, 4.69) is 24.8 Å². The average Bonchev–Trinajstić information content (AvgIpc) is 2.28. The zero-order valence-corrected chi connectivity index (χ0v) is 10.2. The van der Waals surface area contributed by atoms with Gasteiger partial charge in [0.15, 0.2) is 0 Å². The van der Waals surface area contributed by atoms with Gasteiger partial charge in [0.2, 0.25) is 0 Å². The van der Waals surface area contributed by atoms with Crippen molar-refractivity contribution in [2.24, 2.45) is 0 Å². The van der Waals surface area contributed by atoms with Gasteiger partial charge in [-0.1, -0.05) is 13.3 Å². The van der Waals surface area contributed by atoms with Gasteiger partial charge in [0, 0.05) is 13.1 Å². The Balaban J connectivity index is 2.92. The second-order valence-corrected chi connectivity index (χ2v) is 4.13. The minimum Gasteiger partial charge on any atom is -0.397 e. The molecule has 1 atom stereocenters. The molecule has 0 fully saturated rings. The van der Waals surface area contributed by atoms with Crippen LogP contribution in [0.3, 0.4) is 0 Å².